The number of carbonyl (C=O) groups is 1. The summed E-state index contributed by atoms with van der Waals surface area (Å²) >= 11 is 0. The number of amides is 1. The van der Waals surface area contributed by atoms with Gasteiger partial charge in [-0.3, -0.25) is 4.79 Å². The Balaban J connectivity index is 1.66. The summed E-state index contributed by atoms with van der Waals surface area (Å²) in [5, 5.41) is 2.86. The average Bonchev–Trinajstić information content (AvgIpc) is 2.96. The minimum atomic E-state index is -0.0689. The summed E-state index contributed by atoms with van der Waals surface area (Å²) in [6.07, 6.45) is 5.19. The Morgan fingerprint density at radius 1 is 1.45 bits per heavy atom. The Morgan fingerprint density at radius 3 is 3.14 bits per heavy atom. The average molecular weight is 303 g/mol. The Bertz CT molecular complexity index is 523. The summed E-state index contributed by atoms with van der Waals surface area (Å²) in [5.74, 6) is 1.44. The van der Waals surface area contributed by atoms with Crippen molar-refractivity contribution in [1.29, 1.82) is 0 Å². The van der Waals surface area contributed by atoms with Crippen LogP contribution in [0.4, 0.5) is 0 Å². The molecule has 1 aliphatic heterocycles. The molecule has 0 bridgehead atoms. The minimum absolute atomic E-state index is 0.0689. The van der Waals surface area contributed by atoms with Crippen LogP contribution in [0.2, 0.25) is 0 Å². The molecule has 1 amide bonds. The molecule has 1 aromatic rings. The second kappa shape index (κ2) is 8.59. The topological polar surface area (TPSA) is 47.6 Å². The van der Waals surface area contributed by atoms with Crippen molar-refractivity contribution in [2.45, 2.75) is 26.7 Å². The van der Waals surface area contributed by atoms with Gasteiger partial charge in [0, 0.05) is 32.3 Å². The fourth-order valence-corrected chi connectivity index (χ4v) is 2.25. The molecule has 22 heavy (non-hydrogen) atoms. The van der Waals surface area contributed by atoms with Gasteiger partial charge in [0.15, 0.2) is 0 Å². The predicted molar refractivity (Wildman–Crippen MR) is 88.0 cm³/mol. The first-order valence-corrected chi connectivity index (χ1v) is 7.94. The summed E-state index contributed by atoms with van der Waals surface area (Å²) in [4.78, 5) is 11.7. The Labute approximate surface area is 132 Å². The smallest absolute Gasteiger partial charge is 0.244 e. The Hall–Kier alpha value is -1.81. The van der Waals surface area contributed by atoms with Gasteiger partial charge >= 0.3 is 0 Å². The number of hydrogen-bond donors (Lipinski definition) is 1. The SMILES string of the molecule is CC(C)COCCCNC(=O)/C=C/c1ccc2c(c1)CCO2. The fourth-order valence-electron chi connectivity index (χ4n) is 2.25. The molecule has 1 aromatic carbocycles. The lowest BCUT2D eigenvalue weighted by molar-refractivity contribution is -0.116. The lowest BCUT2D eigenvalue weighted by Crippen LogP contribution is -2.23. The van der Waals surface area contributed by atoms with Crippen molar-refractivity contribution in [1.82, 2.24) is 5.32 Å². The summed E-state index contributed by atoms with van der Waals surface area (Å²) in [6, 6.07) is 6.01. The van der Waals surface area contributed by atoms with Gasteiger partial charge in [-0.15, -0.1) is 0 Å². The van der Waals surface area contributed by atoms with E-state index in [4.69, 9.17) is 9.47 Å². The number of carbonyl (C=O) groups excluding carboxylic acids is 1. The van der Waals surface area contributed by atoms with Crippen molar-refractivity contribution < 1.29 is 14.3 Å². The van der Waals surface area contributed by atoms with Gasteiger partial charge in [-0.2, -0.15) is 0 Å². The summed E-state index contributed by atoms with van der Waals surface area (Å²) < 4.78 is 10.9. The second-order valence-electron chi connectivity index (χ2n) is 5.91. The van der Waals surface area contributed by atoms with Crippen LogP contribution in [0, 0.1) is 5.92 Å². The van der Waals surface area contributed by atoms with Crippen LogP contribution in [-0.4, -0.2) is 32.3 Å². The molecule has 1 heterocycles. The molecule has 0 atom stereocenters. The summed E-state index contributed by atoms with van der Waals surface area (Å²) in [7, 11) is 0. The zero-order valence-corrected chi connectivity index (χ0v) is 13.4. The second-order valence-corrected chi connectivity index (χ2v) is 5.91. The molecule has 4 nitrogen and oxygen atoms in total. The first-order valence-electron chi connectivity index (χ1n) is 7.94. The maximum atomic E-state index is 11.7. The van der Waals surface area contributed by atoms with Crippen LogP contribution in [-0.2, 0) is 16.0 Å². The van der Waals surface area contributed by atoms with E-state index < -0.39 is 0 Å². The standard InChI is InChI=1S/C18H25NO3/c1-14(2)13-21-10-3-9-19-18(20)7-5-15-4-6-17-16(12-15)8-11-22-17/h4-7,12,14H,3,8-11,13H2,1-2H3,(H,19,20)/b7-5+. The van der Waals surface area contributed by atoms with Crippen LogP contribution < -0.4 is 10.1 Å². The number of ether oxygens (including phenoxy) is 2. The molecule has 120 valence electrons. The maximum absolute atomic E-state index is 11.7. The van der Waals surface area contributed by atoms with Crippen LogP contribution in [0.1, 0.15) is 31.4 Å². The number of benzene rings is 1. The zero-order valence-electron chi connectivity index (χ0n) is 13.4. The van der Waals surface area contributed by atoms with Crippen molar-refractivity contribution in [3.05, 3.63) is 35.4 Å². The third-order valence-electron chi connectivity index (χ3n) is 3.36. The van der Waals surface area contributed by atoms with Gasteiger partial charge in [-0.25, -0.2) is 0 Å². The summed E-state index contributed by atoms with van der Waals surface area (Å²) in [6.45, 7) is 7.10. The summed E-state index contributed by atoms with van der Waals surface area (Å²) in [5.41, 5.74) is 2.24. The highest BCUT2D eigenvalue weighted by molar-refractivity contribution is 5.91. The van der Waals surface area contributed by atoms with Gasteiger partial charge in [-0.05, 0) is 41.7 Å². The van der Waals surface area contributed by atoms with E-state index in [-0.39, 0.29) is 5.91 Å². The maximum Gasteiger partial charge on any atom is 0.244 e. The first kappa shape index (κ1) is 16.6. The molecule has 0 unspecified atom stereocenters. The molecule has 4 heteroatoms. The molecule has 0 spiro atoms. The van der Waals surface area contributed by atoms with Crippen molar-refractivity contribution in [3.63, 3.8) is 0 Å². The number of rotatable bonds is 8. The number of nitrogens with one attached hydrogen (secondary N) is 1. The van der Waals surface area contributed by atoms with E-state index in [1.807, 2.05) is 18.2 Å². The van der Waals surface area contributed by atoms with Crippen LogP contribution in [0.25, 0.3) is 6.08 Å². The molecule has 0 fully saturated rings. The van der Waals surface area contributed by atoms with Crippen LogP contribution >= 0.6 is 0 Å². The third-order valence-corrected chi connectivity index (χ3v) is 3.36. The number of hydrogen-bond acceptors (Lipinski definition) is 3. The van der Waals surface area contributed by atoms with Crippen LogP contribution in [0.3, 0.4) is 0 Å². The lowest BCUT2D eigenvalue weighted by atomic mass is 10.1. The molecular weight excluding hydrogens is 278 g/mol. The van der Waals surface area contributed by atoms with E-state index in [0.29, 0.717) is 19.1 Å². The fraction of sp³-hybridized carbons (Fsp3) is 0.500. The van der Waals surface area contributed by atoms with Gasteiger partial charge < -0.3 is 14.8 Å². The van der Waals surface area contributed by atoms with E-state index >= 15 is 0 Å². The van der Waals surface area contributed by atoms with Gasteiger partial charge in [0.25, 0.3) is 0 Å². The van der Waals surface area contributed by atoms with Crippen LogP contribution in [0.5, 0.6) is 5.75 Å². The molecule has 1 N–H and O–H groups in total. The molecular formula is C18H25NO3. The highest BCUT2D eigenvalue weighted by atomic mass is 16.5. The van der Waals surface area contributed by atoms with E-state index in [2.05, 4.69) is 25.2 Å². The van der Waals surface area contributed by atoms with Gasteiger partial charge in [0.1, 0.15) is 5.75 Å². The van der Waals surface area contributed by atoms with Gasteiger partial charge in [0.05, 0.1) is 6.61 Å². The quantitative estimate of drug-likeness (QED) is 0.593. The molecule has 2 rings (SSSR count). The first-order chi connectivity index (χ1) is 10.6. The van der Waals surface area contributed by atoms with Crippen molar-refractivity contribution in [3.8, 4) is 5.75 Å². The highest BCUT2D eigenvalue weighted by Gasteiger charge is 2.11. The van der Waals surface area contributed by atoms with Crippen molar-refractivity contribution >= 4 is 12.0 Å². The van der Waals surface area contributed by atoms with Crippen LogP contribution in [0.15, 0.2) is 24.3 Å². The lowest BCUT2D eigenvalue weighted by Gasteiger charge is -2.06. The molecule has 0 saturated carbocycles. The Kier molecular flexibility index (Phi) is 6.46. The minimum Gasteiger partial charge on any atom is -0.493 e. The molecule has 1 aliphatic rings. The van der Waals surface area contributed by atoms with E-state index in [1.165, 1.54) is 5.56 Å². The highest BCUT2D eigenvalue weighted by Crippen LogP contribution is 2.26. The van der Waals surface area contributed by atoms with E-state index in [0.717, 1.165) is 37.4 Å². The molecule has 0 aromatic heterocycles. The monoisotopic (exact) mass is 303 g/mol. The molecule has 0 saturated heterocycles. The third kappa shape index (κ3) is 5.53. The van der Waals surface area contributed by atoms with Gasteiger partial charge in [0.2, 0.25) is 5.91 Å². The van der Waals surface area contributed by atoms with Crippen molar-refractivity contribution in [2.24, 2.45) is 5.92 Å². The largest absolute Gasteiger partial charge is 0.493 e. The normalized spacial score (nSPS) is 13.4. The Morgan fingerprint density at radius 2 is 2.32 bits per heavy atom. The predicted octanol–water partition coefficient (Wildman–Crippen LogP) is 2.81. The van der Waals surface area contributed by atoms with E-state index in [1.54, 1.807) is 6.08 Å². The number of fused-ring (bicyclic) bond motifs is 1. The van der Waals surface area contributed by atoms with Gasteiger partial charge in [-0.1, -0.05) is 19.9 Å². The zero-order chi connectivity index (χ0) is 15.8. The van der Waals surface area contributed by atoms with Crippen molar-refractivity contribution in [2.75, 3.05) is 26.4 Å². The van der Waals surface area contributed by atoms with E-state index in [9.17, 15) is 4.79 Å². The molecule has 0 radical (unpaired) electrons. The molecule has 0 aliphatic carbocycles.